The Labute approximate surface area is 146 Å². The zero-order chi connectivity index (χ0) is 16.9. The van der Waals surface area contributed by atoms with Crippen LogP contribution in [0, 0.1) is 11.7 Å². The van der Waals surface area contributed by atoms with E-state index in [4.69, 9.17) is 0 Å². The summed E-state index contributed by atoms with van der Waals surface area (Å²) in [6.07, 6.45) is 8.46. The predicted octanol–water partition coefficient (Wildman–Crippen LogP) is 7.13. The van der Waals surface area contributed by atoms with Crippen LogP contribution in [0.5, 0.6) is 0 Å². The van der Waals surface area contributed by atoms with Gasteiger partial charge in [0.1, 0.15) is 5.82 Å². The summed E-state index contributed by atoms with van der Waals surface area (Å²) in [5, 5.41) is 0. The van der Waals surface area contributed by atoms with Gasteiger partial charge in [-0.2, -0.15) is 0 Å². The predicted molar refractivity (Wildman–Crippen MR) is 101 cm³/mol. The van der Waals surface area contributed by atoms with Crippen LogP contribution in [0.15, 0.2) is 42.5 Å². The van der Waals surface area contributed by atoms with E-state index < -0.39 is 0 Å². The minimum atomic E-state index is -0.0222. The van der Waals surface area contributed by atoms with Crippen molar-refractivity contribution in [3.8, 4) is 11.1 Å². The summed E-state index contributed by atoms with van der Waals surface area (Å²) in [4.78, 5) is 0. The summed E-state index contributed by atoms with van der Waals surface area (Å²) in [6.45, 7) is 4.41. The topological polar surface area (TPSA) is 0 Å². The van der Waals surface area contributed by atoms with Crippen molar-refractivity contribution in [1.82, 2.24) is 0 Å². The molecule has 2 aromatic carbocycles. The highest BCUT2D eigenvalue weighted by Gasteiger charge is 2.24. The number of benzene rings is 2. The van der Waals surface area contributed by atoms with Crippen LogP contribution in [0.4, 0.5) is 4.39 Å². The van der Waals surface area contributed by atoms with Gasteiger partial charge in [-0.15, -0.1) is 0 Å². The van der Waals surface area contributed by atoms with Crippen LogP contribution in [-0.2, 0) is 6.42 Å². The van der Waals surface area contributed by atoms with E-state index >= 15 is 0 Å². The Hall–Kier alpha value is -1.63. The highest BCUT2D eigenvalue weighted by Crippen LogP contribution is 2.39. The maximum absolute atomic E-state index is 14.7. The molecule has 3 rings (SSSR count). The average molecular weight is 324 g/mol. The molecule has 0 radical (unpaired) electrons. The molecular weight excluding hydrogens is 295 g/mol. The SMILES string of the molecule is CCCC1CCC(c2ccc(-c3ccc(CC)cc3)cc2F)CC1. The molecule has 0 saturated heterocycles. The lowest BCUT2D eigenvalue weighted by Gasteiger charge is -2.29. The molecule has 0 bridgehead atoms. The van der Waals surface area contributed by atoms with Gasteiger partial charge in [0.05, 0.1) is 0 Å². The van der Waals surface area contributed by atoms with E-state index in [9.17, 15) is 4.39 Å². The summed E-state index contributed by atoms with van der Waals surface area (Å²) in [6, 6.07) is 14.3. The quantitative estimate of drug-likeness (QED) is 0.549. The second kappa shape index (κ2) is 7.96. The molecule has 128 valence electrons. The first kappa shape index (κ1) is 17.2. The van der Waals surface area contributed by atoms with Gasteiger partial charge >= 0.3 is 0 Å². The fourth-order valence-electron chi connectivity index (χ4n) is 4.14. The van der Waals surface area contributed by atoms with Crippen molar-refractivity contribution in [3.63, 3.8) is 0 Å². The standard InChI is InChI=1S/C23H29F/c1-3-5-18-8-12-20(13-9-18)22-15-14-21(16-23(22)24)19-10-6-17(4-2)7-11-19/h6-7,10-11,14-16,18,20H,3-5,8-9,12-13H2,1-2H3. The fourth-order valence-corrected chi connectivity index (χ4v) is 4.14. The van der Waals surface area contributed by atoms with E-state index in [0.717, 1.165) is 41.9 Å². The third-order valence-electron chi connectivity index (χ3n) is 5.68. The second-order valence-corrected chi connectivity index (χ2v) is 7.29. The summed E-state index contributed by atoms with van der Waals surface area (Å²) < 4.78 is 14.7. The van der Waals surface area contributed by atoms with Gasteiger partial charge in [-0.1, -0.05) is 63.1 Å². The van der Waals surface area contributed by atoms with Crippen molar-refractivity contribution < 1.29 is 4.39 Å². The van der Waals surface area contributed by atoms with Crippen molar-refractivity contribution in [2.75, 3.05) is 0 Å². The fraction of sp³-hybridized carbons (Fsp3) is 0.478. The molecule has 0 nitrogen and oxygen atoms in total. The van der Waals surface area contributed by atoms with E-state index in [1.165, 1.54) is 31.2 Å². The third-order valence-corrected chi connectivity index (χ3v) is 5.68. The van der Waals surface area contributed by atoms with E-state index in [1.54, 1.807) is 6.07 Å². The molecule has 0 spiro atoms. The van der Waals surface area contributed by atoms with E-state index in [0.29, 0.717) is 5.92 Å². The molecule has 0 heterocycles. The first-order chi connectivity index (χ1) is 11.7. The van der Waals surface area contributed by atoms with E-state index in [-0.39, 0.29) is 5.82 Å². The first-order valence-electron chi connectivity index (χ1n) is 9.60. The molecule has 0 N–H and O–H groups in total. The van der Waals surface area contributed by atoms with Gasteiger partial charge in [-0.25, -0.2) is 4.39 Å². The summed E-state index contributed by atoms with van der Waals surface area (Å²) in [5.41, 5.74) is 4.33. The molecule has 1 fully saturated rings. The highest BCUT2D eigenvalue weighted by atomic mass is 19.1. The monoisotopic (exact) mass is 324 g/mol. The van der Waals surface area contributed by atoms with Crippen LogP contribution in [0.2, 0.25) is 0 Å². The number of halogens is 1. The van der Waals surface area contributed by atoms with Gasteiger partial charge in [-0.3, -0.25) is 0 Å². The van der Waals surface area contributed by atoms with Crippen LogP contribution in [0.1, 0.15) is 69.4 Å². The molecule has 1 heteroatoms. The normalized spacial score (nSPS) is 21.0. The van der Waals surface area contributed by atoms with Gasteiger partial charge in [-0.05, 0) is 72.3 Å². The van der Waals surface area contributed by atoms with Crippen molar-refractivity contribution >= 4 is 0 Å². The number of hydrogen-bond donors (Lipinski definition) is 0. The zero-order valence-corrected chi connectivity index (χ0v) is 15.0. The van der Waals surface area contributed by atoms with E-state index in [1.807, 2.05) is 6.07 Å². The number of hydrogen-bond acceptors (Lipinski definition) is 0. The lowest BCUT2D eigenvalue weighted by molar-refractivity contribution is 0.304. The van der Waals surface area contributed by atoms with Gasteiger partial charge in [0, 0.05) is 0 Å². The molecule has 0 aromatic heterocycles. The van der Waals surface area contributed by atoms with Crippen molar-refractivity contribution in [1.29, 1.82) is 0 Å². The van der Waals surface area contributed by atoms with Gasteiger partial charge in [0.25, 0.3) is 0 Å². The number of aryl methyl sites for hydroxylation is 1. The van der Waals surface area contributed by atoms with E-state index in [2.05, 4.69) is 44.2 Å². The molecule has 1 saturated carbocycles. The van der Waals surface area contributed by atoms with Gasteiger partial charge in [0.15, 0.2) is 0 Å². The molecule has 1 aliphatic rings. The Kier molecular flexibility index (Phi) is 5.71. The minimum Gasteiger partial charge on any atom is -0.207 e. The van der Waals surface area contributed by atoms with Crippen molar-refractivity contribution in [2.24, 2.45) is 5.92 Å². The lowest BCUT2D eigenvalue weighted by Crippen LogP contribution is -2.14. The first-order valence-corrected chi connectivity index (χ1v) is 9.60. The largest absolute Gasteiger partial charge is 0.207 e. The molecule has 1 aliphatic carbocycles. The van der Waals surface area contributed by atoms with Crippen LogP contribution in [-0.4, -0.2) is 0 Å². The van der Waals surface area contributed by atoms with Crippen LogP contribution in [0.3, 0.4) is 0 Å². The highest BCUT2D eigenvalue weighted by molar-refractivity contribution is 5.64. The Morgan fingerprint density at radius 3 is 2.12 bits per heavy atom. The summed E-state index contributed by atoms with van der Waals surface area (Å²) >= 11 is 0. The van der Waals surface area contributed by atoms with Crippen LogP contribution in [0.25, 0.3) is 11.1 Å². The summed E-state index contributed by atoms with van der Waals surface area (Å²) in [7, 11) is 0. The Morgan fingerprint density at radius 1 is 0.875 bits per heavy atom. The third kappa shape index (κ3) is 3.88. The van der Waals surface area contributed by atoms with Crippen LogP contribution >= 0.6 is 0 Å². The van der Waals surface area contributed by atoms with Gasteiger partial charge in [0.2, 0.25) is 0 Å². The molecule has 2 aromatic rings. The van der Waals surface area contributed by atoms with Crippen molar-refractivity contribution in [3.05, 3.63) is 59.4 Å². The zero-order valence-electron chi connectivity index (χ0n) is 15.0. The average Bonchev–Trinajstić information content (AvgIpc) is 2.63. The van der Waals surface area contributed by atoms with Crippen molar-refractivity contribution in [2.45, 2.75) is 64.7 Å². The number of rotatable bonds is 5. The Morgan fingerprint density at radius 2 is 1.54 bits per heavy atom. The van der Waals surface area contributed by atoms with Gasteiger partial charge < -0.3 is 0 Å². The molecule has 0 atom stereocenters. The molecule has 24 heavy (non-hydrogen) atoms. The van der Waals surface area contributed by atoms with Crippen LogP contribution < -0.4 is 0 Å². The summed E-state index contributed by atoms with van der Waals surface area (Å²) in [5.74, 6) is 1.26. The Bertz CT molecular complexity index is 648. The Balaban J connectivity index is 1.73. The molecule has 0 unspecified atom stereocenters. The smallest absolute Gasteiger partial charge is 0.127 e. The molecular formula is C23H29F. The lowest BCUT2D eigenvalue weighted by atomic mass is 9.77. The molecule has 0 amide bonds. The maximum Gasteiger partial charge on any atom is 0.127 e. The molecule has 0 aliphatic heterocycles. The minimum absolute atomic E-state index is 0.0222. The maximum atomic E-state index is 14.7. The second-order valence-electron chi connectivity index (χ2n) is 7.29.